The molecule has 0 radical (unpaired) electrons. The Morgan fingerprint density at radius 3 is 1.97 bits per heavy atom. The molecule has 10 aromatic rings. The molecule has 8 aromatic carbocycles. The van der Waals surface area contributed by atoms with Crippen LogP contribution >= 0.6 is 23.1 Å². The van der Waals surface area contributed by atoms with Crippen molar-refractivity contribution in [2.75, 3.05) is 0 Å². The maximum absolute atomic E-state index is 4.24. The van der Waals surface area contributed by atoms with Crippen molar-refractivity contribution in [3.8, 4) is 27.9 Å². The Hall–Kier alpha value is -6.39. The highest BCUT2D eigenvalue weighted by Gasteiger charge is 2.21. The van der Waals surface area contributed by atoms with E-state index in [9.17, 15) is 0 Å². The van der Waals surface area contributed by atoms with Crippen LogP contribution in [0.3, 0.4) is 0 Å². The lowest BCUT2D eigenvalue weighted by atomic mass is 9.90. The zero-order chi connectivity index (χ0) is 40.3. The molecule has 0 amide bonds. The summed E-state index contributed by atoms with van der Waals surface area (Å²) < 4.78 is 3.90. The summed E-state index contributed by atoms with van der Waals surface area (Å²) in [6.45, 7) is 8.24. The molecule has 0 spiro atoms. The molecule has 1 aliphatic carbocycles. The average Bonchev–Trinajstić information content (AvgIpc) is 3.88. The van der Waals surface area contributed by atoms with Gasteiger partial charge in [-0.1, -0.05) is 160 Å². The van der Waals surface area contributed by atoms with E-state index in [1.165, 1.54) is 113 Å². The molecule has 3 heteroatoms. The molecular weight excluding hydrogens is 763 g/mol. The lowest BCUT2D eigenvalue weighted by molar-refractivity contribution is 1.02. The number of hydrogen-bond acceptors (Lipinski definition) is 2. The quantitative estimate of drug-likeness (QED) is 0.161. The molecule has 288 valence electrons. The van der Waals surface area contributed by atoms with Crippen LogP contribution in [-0.2, 0) is 12.8 Å². The van der Waals surface area contributed by atoms with E-state index in [1.807, 2.05) is 25.2 Å². The lowest BCUT2D eigenvalue weighted by Crippen LogP contribution is -1.94. The molecule has 60 heavy (non-hydrogen) atoms. The summed E-state index contributed by atoms with van der Waals surface area (Å²) in [6.07, 6.45) is 16.3. The molecule has 0 N–H and O–H groups in total. The normalized spacial score (nSPS) is 14.8. The topological polar surface area (TPSA) is 4.93 Å². The van der Waals surface area contributed by atoms with Crippen molar-refractivity contribution < 1.29 is 0 Å². The molecule has 3 heterocycles. The first-order valence-electron chi connectivity index (χ1n) is 21.1. The number of nitrogens with zero attached hydrogens (tertiary/aromatic N) is 1. The van der Waals surface area contributed by atoms with Gasteiger partial charge in [0, 0.05) is 36.5 Å². The summed E-state index contributed by atoms with van der Waals surface area (Å²) in [5.74, 6) is 0. The number of allylic oxidation sites excluding steroid dienone is 5. The van der Waals surface area contributed by atoms with E-state index in [1.54, 1.807) is 11.8 Å². The van der Waals surface area contributed by atoms with Crippen molar-refractivity contribution in [1.82, 2.24) is 4.57 Å². The molecule has 0 saturated heterocycles. The van der Waals surface area contributed by atoms with Gasteiger partial charge in [-0.3, -0.25) is 0 Å². The molecule has 2 aromatic heterocycles. The van der Waals surface area contributed by atoms with Gasteiger partial charge in [-0.05, 0) is 134 Å². The SMILES string of the molecule is C=C1/C=C\C=C/Cc2cc(-c3ccc4c5ccc(-c6cccc(-n7c8ccccc8c8ccc9c%10c(sc9c87)CCC=C%10)c6)cc5c5ccccc5c4c3)ccc2S1.CC. The predicted molar refractivity (Wildman–Crippen MR) is 265 cm³/mol. The van der Waals surface area contributed by atoms with Gasteiger partial charge >= 0.3 is 0 Å². The minimum absolute atomic E-state index is 0.900. The van der Waals surface area contributed by atoms with E-state index < -0.39 is 0 Å². The minimum atomic E-state index is 0.900. The maximum atomic E-state index is 4.24. The van der Waals surface area contributed by atoms with E-state index in [0.29, 0.717) is 0 Å². The Bertz CT molecular complexity index is 3460. The molecule has 0 fully saturated rings. The number of aryl methyl sites for hydroxylation is 1. The Balaban J connectivity index is 0.00000201. The third kappa shape index (κ3) is 5.99. The van der Waals surface area contributed by atoms with Crippen molar-refractivity contribution in [2.24, 2.45) is 0 Å². The minimum Gasteiger partial charge on any atom is -0.308 e. The van der Waals surface area contributed by atoms with Gasteiger partial charge in [-0.2, -0.15) is 0 Å². The highest BCUT2D eigenvalue weighted by atomic mass is 32.2. The van der Waals surface area contributed by atoms with Gasteiger partial charge in [0.25, 0.3) is 0 Å². The van der Waals surface area contributed by atoms with Crippen LogP contribution in [0.5, 0.6) is 0 Å². The Kier molecular flexibility index (Phi) is 9.18. The second-order valence-corrected chi connectivity index (χ2v) is 17.8. The smallest absolute Gasteiger partial charge is 0.0719 e. The van der Waals surface area contributed by atoms with Gasteiger partial charge in [-0.25, -0.2) is 0 Å². The second kappa shape index (κ2) is 15.0. The molecule has 0 unspecified atom stereocenters. The lowest BCUT2D eigenvalue weighted by Gasteiger charge is -2.15. The molecule has 0 bridgehead atoms. The van der Waals surface area contributed by atoms with Crippen molar-refractivity contribution >= 4 is 93.4 Å². The summed E-state index contributed by atoms with van der Waals surface area (Å²) in [5, 5.41) is 11.7. The fourth-order valence-corrected chi connectivity index (χ4v) is 11.7. The standard InChI is InChI=1S/C55H37NS2.C2H6/c1-34-12-3-2-4-13-39-30-36(24-29-52(39)57-34)38-23-26-44-43-25-22-37(32-49(43)41-16-5-6-17-42(41)50(44)33-38)35-14-11-15-40(31-35)56-51-20-9-7-18-45(51)47-27-28-48-46-19-8-10-21-53(46)58-55(48)54(47)56;1-2/h2-9,11-12,14-20,22-33H,1,10,13,21H2;1-2H3/b4-2-,12-3-;. The van der Waals surface area contributed by atoms with Crippen LogP contribution in [0.4, 0.5) is 0 Å². The van der Waals surface area contributed by atoms with E-state index in [4.69, 9.17) is 0 Å². The fraction of sp³-hybridized carbons (Fsp3) is 0.0877. The van der Waals surface area contributed by atoms with Gasteiger partial charge in [0.1, 0.15) is 0 Å². The van der Waals surface area contributed by atoms with Crippen LogP contribution in [0.15, 0.2) is 186 Å². The van der Waals surface area contributed by atoms with Crippen LogP contribution in [-0.4, -0.2) is 4.57 Å². The number of thioether (sulfide) groups is 1. The van der Waals surface area contributed by atoms with Crippen LogP contribution < -0.4 is 0 Å². The largest absolute Gasteiger partial charge is 0.308 e. The summed E-state index contributed by atoms with van der Waals surface area (Å²) in [6, 6.07) is 52.7. The first-order valence-corrected chi connectivity index (χ1v) is 22.8. The van der Waals surface area contributed by atoms with Crippen molar-refractivity contribution in [2.45, 2.75) is 38.0 Å². The Labute approximate surface area is 359 Å². The number of thiophene rings is 1. The highest BCUT2D eigenvalue weighted by Crippen LogP contribution is 2.45. The van der Waals surface area contributed by atoms with Crippen LogP contribution in [0.25, 0.3) is 98.2 Å². The van der Waals surface area contributed by atoms with Gasteiger partial charge in [0.15, 0.2) is 0 Å². The molecule has 2 aliphatic rings. The van der Waals surface area contributed by atoms with E-state index in [-0.39, 0.29) is 0 Å². The Morgan fingerprint density at radius 1 is 0.533 bits per heavy atom. The molecule has 12 rings (SSSR count). The van der Waals surface area contributed by atoms with Crippen molar-refractivity contribution in [3.05, 3.63) is 197 Å². The third-order valence-electron chi connectivity index (χ3n) is 12.2. The number of fused-ring (bicyclic) bond motifs is 14. The van der Waals surface area contributed by atoms with Gasteiger partial charge in [0.05, 0.1) is 15.7 Å². The zero-order valence-corrected chi connectivity index (χ0v) is 35.5. The summed E-state index contributed by atoms with van der Waals surface area (Å²) in [5.41, 5.74) is 11.4. The van der Waals surface area contributed by atoms with Gasteiger partial charge in [-0.15, -0.1) is 11.3 Å². The summed E-state index contributed by atoms with van der Waals surface area (Å²) >= 11 is 3.73. The monoisotopic (exact) mass is 805 g/mol. The third-order valence-corrected chi connectivity index (χ3v) is 14.5. The first kappa shape index (κ1) is 36.7. The molecule has 0 atom stereocenters. The number of hydrogen-bond donors (Lipinski definition) is 0. The first-order chi connectivity index (χ1) is 29.7. The number of para-hydroxylation sites is 1. The predicted octanol–water partition coefficient (Wildman–Crippen LogP) is 17.1. The number of aromatic nitrogens is 1. The molecule has 0 saturated carbocycles. The number of rotatable bonds is 3. The molecule has 1 nitrogen and oxygen atoms in total. The number of benzene rings is 8. The van der Waals surface area contributed by atoms with E-state index in [2.05, 4.69) is 187 Å². The summed E-state index contributed by atoms with van der Waals surface area (Å²) in [4.78, 5) is 3.83. The molecule has 1 aliphatic heterocycles. The van der Waals surface area contributed by atoms with Gasteiger partial charge < -0.3 is 4.57 Å². The van der Waals surface area contributed by atoms with Crippen molar-refractivity contribution in [3.63, 3.8) is 0 Å². The highest BCUT2D eigenvalue weighted by molar-refractivity contribution is 8.03. The molecular formula is C57H43NS2. The maximum Gasteiger partial charge on any atom is 0.0719 e. The Morgan fingerprint density at radius 2 is 1.18 bits per heavy atom. The zero-order valence-electron chi connectivity index (χ0n) is 33.8. The van der Waals surface area contributed by atoms with E-state index in [0.717, 1.165) is 24.2 Å². The fourth-order valence-electron chi connectivity index (χ4n) is 9.49. The van der Waals surface area contributed by atoms with Crippen molar-refractivity contribution in [1.29, 1.82) is 0 Å². The van der Waals surface area contributed by atoms with Crippen LogP contribution in [0.1, 0.15) is 36.3 Å². The van der Waals surface area contributed by atoms with Crippen LogP contribution in [0, 0.1) is 0 Å². The average molecular weight is 806 g/mol. The van der Waals surface area contributed by atoms with E-state index >= 15 is 0 Å². The summed E-state index contributed by atoms with van der Waals surface area (Å²) in [7, 11) is 0. The van der Waals surface area contributed by atoms with Crippen LogP contribution in [0.2, 0.25) is 0 Å². The van der Waals surface area contributed by atoms with Gasteiger partial charge in [0.2, 0.25) is 0 Å². The second-order valence-electron chi connectivity index (χ2n) is 15.6.